The largest absolute Gasteiger partial charge is 0.338 e. The summed E-state index contributed by atoms with van der Waals surface area (Å²) in [4.78, 5) is 16.2. The summed E-state index contributed by atoms with van der Waals surface area (Å²) in [5.74, 6) is 2.62. The van der Waals surface area contributed by atoms with Crippen molar-refractivity contribution in [2.75, 3.05) is 0 Å². The van der Waals surface area contributed by atoms with Gasteiger partial charge in [-0.25, -0.2) is 4.98 Å². The van der Waals surface area contributed by atoms with E-state index in [4.69, 9.17) is 0 Å². The molecule has 1 aromatic heterocycles. The summed E-state index contributed by atoms with van der Waals surface area (Å²) in [5.41, 5.74) is 0. The molecule has 1 fully saturated rings. The van der Waals surface area contributed by atoms with Crippen LogP contribution in [0.1, 0.15) is 44.9 Å². The zero-order valence-corrected chi connectivity index (χ0v) is 10.9. The summed E-state index contributed by atoms with van der Waals surface area (Å²) >= 11 is 0. The zero-order valence-electron chi connectivity index (χ0n) is 10.9. The summed E-state index contributed by atoms with van der Waals surface area (Å²) < 4.78 is 2.05. The van der Waals surface area contributed by atoms with Crippen molar-refractivity contribution in [1.29, 1.82) is 0 Å². The zero-order chi connectivity index (χ0) is 12.3. The fraction of sp³-hybridized carbons (Fsp3) is 0.714. The summed E-state index contributed by atoms with van der Waals surface area (Å²) in [6.07, 6.45) is 9.90. The number of aryl methyl sites for hydroxylation is 2. The predicted octanol–water partition coefficient (Wildman–Crippen LogP) is 2.75. The minimum absolute atomic E-state index is 0.283. The van der Waals surface area contributed by atoms with Crippen LogP contribution in [0.25, 0.3) is 0 Å². The third-order valence-corrected chi connectivity index (χ3v) is 4.09. The highest BCUT2D eigenvalue weighted by molar-refractivity contribution is 5.81. The van der Waals surface area contributed by atoms with Crippen LogP contribution in [-0.4, -0.2) is 15.3 Å². The topological polar surface area (TPSA) is 34.9 Å². The van der Waals surface area contributed by atoms with E-state index in [1.54, 1.807) is 0 Å². The number of hydrogen-bond acceptors (Lipinski definition) is 2. The van der Waals surface area contributed by atoms with Crippen molar-refractivity contribution < 1.29 is 4.79 Å². The Morgan fingerprint density at radius 3 is 3.00 bits per heavy atom. The summed E-state index contributed by atoms with van der Waals surface area (Å²) in [6, 6.07) is 0. The lowest BCUT2D eigenvalue weighted by Gasteiger charge is -2.27. The molecule has 0 aliphatic heterocycles. The quantitative estimate of drug-likeness (QED) is 0.803. The first-order valence-electron chi connectivity index (χ1n) is 6.69. The van der Waals surface area contributed by atoms with Gasteiger partial charge in [-0.3, -0.25) is 4.79 Å². The third kappa shape index (κ3) is 2.96. The predicted molar refractivity (Wildman–Crippen MR) is 67.7 cm³/mol. The van der Waals surface area contributed by atoms with E-state index in [0.717, 1.165) is 43.8 Å². The van der Waals surface area contributed by atoms with E-state index >= 15 is 0 Å². The molecule has 2 unspecified atom stereocenters. The first-order valence-corrected chi connectivity index (χ1v) is 6.69. The molecule has 0 bridgehead atoms. The molecule has 3 nitrogen and oxygen atoms in total. The molecule has 0 radical (unpaired) electrons. The number of rotatable bonds is 4. The molecule has 0 aromatic carbocycles. The third-order valence-electron chi connectivity index (χ3n) is 4.09. The number of Topliss-reactive ketones (excluding diaryl/α,β-unsaturated/α-hetero) is 1. The number of carbonyl (C=O) groups excluding carboxylic acids is 1. The van der Waals surface area contributed by atoms with Gasteiger partial charge < -0.3 is 4.57 Å². The first-order chi connectivity index (χ1) is 8.20. The fourth-order valence-electron chi connectivity index (χ4n) is 2.79. The lowest BCUT2D eigenvalue weighted by Crippen LogP contribution is -2.25. The van der Waals surface area contributed by atoms with Crippen molar-refractivity contribution >= 4 is 5.78 Å². The Hall–Kier alpha value is -1.12. The summed E-state index contributed by atoms with van der Waals surface area (Å²) in [6.45, 7) is 2.23. The molecule has 1 heterocycles. The lowest BCUT2D eigenvalue weighted by molar-refractivity contribution is -0.125. The van der Waals surface area contributed by atoms with Gasteiger partial charge in [0.25, 0.3) is 0 Å². The highest BCUT2D eigenvalue weighted by Gasteiger charge is 2.27. The molecule has 17 heavy (non-hydrogen) atoms. The molecule has 2 atom stereocenters. The van der Waals surface area contributed by atoms with Crippen LogP contribution in [0.4, 0.5) is 0 Å². The van der Waals surface area contributed by atoms with E-state index in [2.05, 4.69) is 11.9 Å². The molecule has 1 saturated carbocycles. The standard InChI is InChI=1S/C14H22N2O/c1-3-11-4-6-13(17)12(10-11)5-7-14-15-8-9-16(14)2/h8-9,11-12H,3-7,10H2,1-2H3. The van der Waals surface area contributed by atoms with Gasteiger partial charge in [-0.1, -0.05) is 13.3 Å². The Morgan fingerprint density at radius 1 is 1.53 bits per heavy atom. The average molecular weight is 234 g/mol. The Labute approximate surface area is 103 Å². The van der Waals surface area contributed by atoms with Gasteiger partial charge in [0, 0.05) is 38.2 Å². The maximum absolute atomic E-state index is 11.9. The highest BCUT2D eigenvalue weighted by Crippen LogP contribution is 2.31. The number of imidazole rings is 1. The van der Waals surface area contributed by atoms with Gasteiger partial charge in [0.1, 0.15) is 11.6 Å². The molecule has 0 saturated heterocycles. The van der Waals surface area contributed by atoms with Gasteiger partial charge in [0.05, 0.1) is 0 Å². The molecule has 1 aromatic rings. The first kappa shape index (κ1) is 12.3. The van der Waals surface area contributed by atoms with E-state index in [1.807, 2.05) is 24.0 Å². The molecule has 0 spiro atoms. The second-order valence-electron chi connectivity index (χ2n) is 5.20. The maximum atomic E-state index is 11.9. The van der Waals surface area contributed by atoms with E-state index < -0.39 is 0 Å². The normalized spacial score (nSPS) is 25.2. The van der Waals surface area contributed by atoms with Crippen molar-refractivity contribution in [3.63, 3.8) is 0 Å². The fourth-order valence-corrected chi connectivity index (χ4v) is 2.79. The molecule has 2 rings (SSSR count). The van der Waals surface area contributed by atoms with Crippen molar-refractivity contribution in [3.05, 3.63) is 18.2 Å². The monoisotopic (exact) mass is 234 g/mol. The Morgan fingerprint density at radius 2 is 2.35 bits per heavy atom. The van der Waals surface area contributed by atoms with Crippen LogP contribution < -0.4 is 0 Å². The Kier molecular flexibility index (Phi) is 3.97. The smallest absolute Gasteiger partial charge is 0.136 e. The minimum Gasteiger partial charge on any atom is -0.338 e. The van der Waals surface area contributed by atoms with Crippen LogP contribution in [0, 0.1) is 11.8 Å². The number of nitrogens with zero attached hydrogens (tertiary/aromatic N) is 2. The number of ketones is 1. The van der Waals surface area contributed by atoms with E-state index in [9.17, 15) is 4.79 Å². The van der Waals surface area contributed by atoms with Gasteiger partial charge in [-0.05, 0) is 25.2 Å². The van der Waals surface area contributed by atoms with E-state index in [-0.39, 0.29) is 5.92 Å². The molecule has 3 heteroatoms. The minimum atomic E-state index is 0.283. The van der Waals surface area contributed by atoms with Crippen LogP contribution in [0.15, 0.2) is 12.4 Å². The SMILES string of the molecule is CCC1CCC(=O)C(CCc2nccn2C)C1. The Bertz CT molecular complexity index is 383. The van der Waals surface area contributed by atoms with Crippen molar-refractivity contribution in [3.8, 4) is 0 Å². The van der Waals surface area contributed by atoms with Crippen LogP contribution >= 0.6 is 0 Å². The van der Waals surface area contributed by atoms with Gasteiger partial charge in [-0.15, -0.1) is 0 Å². The van der Waals surface area contributed by atoms with Gasteiger partial charge in [0.2, 0.25) is 0 Å². The summed E-state index contributed by atoms with van der Waals surface area (Å²) in [7, 11) is 2.01. The molecular formula is C14H22N2O. The highest BCUT2D eigenvalue weighted by atomic mass is 16.1. The van der Waals surface area contributed by atoms with Crippen LogP contribution in [0.3, 0.4) is 0 Å². The number of hydrogen-bond donors (Lipinski definition) is 0. The van der Waals surface area contributed by atoms with Gasteiger partial charge >= 0.3 is 0 Å². The molecule has 1 aliphatic rings. The second-order valence-corrected chi connectivity index (χ2v) is 5.20. The van der Waals surface area contributed by atoms with Gasteiger partial charge in [0.15, 0.2) is 0 Å². The molecule has 0 N–H and O–H groups in total. The lowest BCUT2D eigenvalue weighted by atomic mass is 9.77. The van der Waals surface area contributed by atoms with Gasteiger partial charge in [-0.2, -0.15) is 0 Å². The van der Waals surface area contributed by atoms with Crippen LogP contribution in [-0.2, 0) is 18.3 Å². The van der Waals surface area contributed by atoms with Crippen molar-refractivity contribution in [1.82, 2.24) is 9.55 Å². The Balaban J connectivity index is 1.89. The van der Waals surface area contributed by atoms with E-state index in [1.165, 1.54) is 6.42 Å². The van der Waals surface area contributed by atoms with Crippen molar-refractivity contribution in [2.24, 2.45) is 18.9 Å². The maximum Gasteiger partial charge on any atom is 0.136 e. The van der Waals surface area contributed by atoms with Crippen LogP contribution in [0.5, 0.6) is 0 Å². The molecule has 1 aliphatic carbocycles. The molecule has 0 amide bonds. The van der Waals surface area contributed by atoms with Crippen molar-refractivity contribution in [2.45, 2.75) is 45.4 Å². The molecular weight excluding hydrogens is 212 g/mol. The molecule has 94 valence electrons. The average Bonchev–Trinajstić information content (AvgIpc) is 2.74. The van der Waals surface area contributed by atoms with E-state index in [0.29, 0.717) is 5.78 Å². The number of aromatic nitrogens is 2. The number of carbonyl (C=O) groups is 1. The second kappa shape index (κ2) is 5.48. The summed E-state index contributed by atoms with van der Waals surface area (Å²) in [5, 5.41) is 0. The van der Waals surface area contributed by atoms with Crippen LogP contribution in [0.2, 0.25) is 0 Å².